The Morgan fingerprint density at radius 2 is 1.96 bits per heavy atom. The molecular formula is C20H29NO2. The number of benzene rings is 1. The molecule has 3 nitrogen and oxygen atoms in total. The Balaban J connectivity index is 2.02. The summed E-state index contributed by atoms with van der Waals surface area (Å²) in [6, 6.07) is 10.3. The molecule has 0 aromatic heterocycles. The summed E-state index contributed by atoms with van der Waals surface area (Å²) in [6.07, 6.45) is 6.44. The van der Waals surface area contributed by atoms with E-state index in [9.17, 15) is 5.11 Å². The van der Waals surface area contributed by atoms with Crippen molar-refractivity contribution in [3.8, 4) is 0 Å². The molecule has 1 aliphatic carbocycles. The Hall–Kier alpha value is -1.48. The van der Waals surface area contributed by atoms with Gasteiger partial charge in [0.1, 0.15) is 6.26 Å². The van der Waals surface area contributed by atoms with Crippen LogP contribution in [0.1, 0.15) is 51.5 Å². The van der Waals surface area contributed by atoms with E-state index in [2.05, 4.69) is 38.2 Å². The van der Waals surface area contributed by atoms with Crippen LogP contribution in [0, 0.1) is 17.8 Å². The van der Waals surface area contributed by atoms with Gasteiger partial charge in [-0.3, -0.25) is 0 Å². The molecule has 2 aliphatic rings. The molecule has 0 bridgehead atoms. The SMILES string of the molecule is CC(C)[C@@H]1CC[C@@H](C)C[C@]1(O)[C@@H](c1ccccc1)[C@@H]1NC=CO1. The lowest BCUT2D eigenvalue weighted by atomic mass is 9.60. The maximum absolute atomic E-state index is 11.9. The van der Waals surface area contributed by atoms with E-state index in [1.54, 1.807) is 6.26 Å². The van der Waals surface area contributed by atoms with Crippen LogP contribution in [0.4, 0.5) is 0 Å². The second-order valence-corrected chi connectivity index (χ2v) is 7.64. The van der Waals surface area contributed by atoms with E-state index in [4.69, 9.17) is 4.74 Å². The molecule has 5 atom stereocenters. The zero-order valence-electron chi connectivity index (χ0n) is 14.4. The Kier molecular flexibility index (Phi) is 4.67. The fraction of sp³-hybridized carbons (Fsp3) is 0.600. The number of aliphatic hydroxyl groups is 1. The predicted molar refractivity (Wildman–Crippen MR) is 92.6 cm³/mol. The van der Waals surface area contributed by atoms with Crippen LogP contribution in [0.2, 0.25) is 0 Å². The normalized spacial score (nSPS) is 34.9. The molecule has 3 rings (SSSR count). The van der Waals surface area contributed by atoms with E-state index in [0.29, 0.717) is 11.8 Å². The molecule has 0 saturated heterocycles. The number of rotatable bonds is 4. The summed E-state index contributed by atoms with van der Waals surface area (Å²) in [7, 11) is 0. The maximum Gasteiger partial charge on any atom is 0.178 e. The quantitative estimate of drug-likeness (QED) is 0.882. The van der Waals surface area contributed by atoms with Crippen LogP contribution in [0.3, 0.4) is 0 Å². The predicted octanol–water partition coefficient (Wildman–Crippen LogP) is 4.01. The summed E-state index contributed by atoms with van der Waals surface area (Å²) in [6.45, 7) is 6.72. The van der Waals surface area contributed by atoms with Crippen molar-refractivity contribution in [3.63, 3.8) is 0 Å². The van der Waals surface area contributed by atoms with E-state index in [1.807, 2.05) is 24.4 Å². The van der Waals surface area contributed by atoms with Gasteiger partial charge >= 0.3 is 0 Å². The molecule has 1 aromatic rings. The molecular weight excluding hydrogens is 286 g/mol. The van der Waals surface area contributed by atoms with Gasteiger partial charge < -0.3 is 15.2 Å². The molecule has 126 valence electrons. The highest BCUT2D eigenvalue weighted by atomic mass is 16.5. The van der Waals surface area contributed by atoms with Crippen molar-refractivity contribution in [1.29, 1.82) is 0 Å². The van der Waals surface area contributed by atoms with Crippen LogP contribution >= 0.6 is 0 Å². The minimum absolute atomic E-state index is 0.0751. The van der Waals surface area contributed by atoms with Crippen molar-refractivity contribution < 1.29 is 9.84 Å². The molecule has 3 heteroatoms. The molecule has 1 heterocycles. The molecule has 0 radical (unpaired) electrons. The Morgan fingerprint density at radius 1 is 1.22 bits per heavy atom. The van der Waals surface area contributed by atoms with Crippen LogP contribution in [0.25, 0.3) is 0 Å². The highest BCUT2D eigenvalue weighted by Gasteiger charge is 2.52. The maximum atomic E-state index is 11.9. The molecule has 1 fully saturated rings. The second-order valence-electron chi connectivity index (χ2n) is 7.64. The van der Waals surface area contributed by atoms with Gasteiger partial charge in [0, 0.05) is 6.20 Å². The topological polar surface area (TPSA) is 41.5 Å². The smallest absolute Gasteiger partial charge is 0.178 e. The molecule has 0 spiro atoms. The van der Waals surface area contributed by atoms with Gasteiger partial charge in [-0.15, -0.1) is 0 Å². The van der Waals surface area contributed by atoms with Crippen molar-refractivity contribution in [2.75, 3.05) is 0 Å². The van der Waals surface area contributed by atoms with Gasteiger partial charge in [0.05, 0.1) is 11.5 Å². The fourth-order valence-corrected chi connectivity index (χ4v) is 4.65. The standard InChI is InChI=1S/C20H29NO2/c1-14(2)17-10-9-15(3)13-20(17,22)18(19-21-11-12-23-19)16-7-5-4-6-8-16/h4-8,11-12,14-15,17-19,21-22H,9-10,13H2,1-3H3/t15-,17+,18+,19-,20-/m1/s1. The van der Waals surface area contributed by atoms with Gasteiger partial charge in [-0.2, -0.15) is 0 Å². The first kappa shape index (κ1) is 16.4. The van der Waals surface area contributed by atoms with Crippen molar-refractivity contribution >= 4 is 0 Å². The first-order chi connectivity index (χ1) is 11.0. The van der Waals surface area contributed by atoms with Crippen LogP contribution in [-0.4, -0.2) is 16.9 Å². The van der Waals surface area contributed by atoms with E-state index >= 15 is 0 Å². The lowest BCUT2D eigenvalue weighted by Crippen LogP contribution is -2.55. The summed E-state index contributed by atoms with van der Waals surface area (Å²) in [5.41, 5.74) is 0.396. The van der Waals surface area contributed by atoms with Crippen LogP contribution in [0.5, 0.6) is 0 Å². The zero-order valence-corrected chi connectivity index (χ0v) is 14.4. The van der Waals surface area contributed by atoms with Crippen LogP contribution < -0.4 is 5.32 Å². The third-order valence-corrected chi connectivity index (χ3v) is 5.65. The molecule has 0 unspecified atom stereocenters. The van der Waals surface area contributed by atoms with Gasteiger partial charge in [-0.05, 0) is 36.2 Å². The first-order valence-corrected chi connectivity index (χ1v) is 8.86. The average molecular weight is 315 g/mol. The minimum atomic E-state index is -0.753. The molecule has 1 aliphatic heterocycles. The molecule has 0 amide bonds. The molecule has 23 heavy (non-hydrogen) atoms. The zero-order chi connectivity index (χ0) is 16.4. The molecule has 2 N–H and O–H groups in total. The number of hydrogen-bond acceptors (Lipinski definition) is 3. The summed E-state index contributed by atoms with van der Waals surface area (Å²) >= 11 is 0. The number of nitrogens with one attached hydrogen (secondary N) is 1. The summed E-state index contributed by atoms with van der Waals surface area (Å²) < 4.78 is 5.80. The van der Waals surface area contributed by atoms with Gasteiger partial charge in [-0.25, -0.2) is 0 Å². The summed E-state index contributed by atoms with van der Waals surface area (Å²) in [4.78, 5) is 0. The van der Waals surface area contributed by atoms with Gasteiger partial charge in [0.2, 0.25) is 0 Å². The Bertz CT molecular complexity index is 534. The van der Waals surface area contributed by atoms with Crippen LogP contribution in [-0.2, 0) is 4.74 Å². The largest absolute Gasteiger partial charge is 0.476 e. The summed E-state index contributed by atoms with van der Waals surface area (Å²) in [5.74, 6) is 1.20. The van der Waals surface area contributed by atoms with Crippen molar-refractivity contribution in [2.45, 2.75) is 57.8 Å². The van der Waals surface area contributed by atoms with E-state index in [0.717, 1.165) is 18.4 Å². The molecule has 1 saturated carbocycles. The van der Waals surface area contributed by atoms with E-state index in [-0.39, 0.29) is 18.1 Å². The van der Waals surface area contributed by atoms with Crippen molar-refractivity contribution in [1.82, 2.24) is 5.32 Å². The van der Waals surface area contributed by atoms with E-state index < -0.39 is 5.60 Å². The minimum Gasteiger partial charge on any atom is -0.476 e. The third kappa shape index (κ3) is 3.12. The van der Waals surface area contributed by atoms with Crippen molar-refractivity contribution in [3.05, 3.63) is 48.4 Å². The van der Waals surface area contributed by atoms with Crippen LogP contribution in [0.15, 0.2) is 42.8 Å². The second kappa shape index (κ2) is 6.56. The Morgan fingerprint density at radius 3 is 2.57 bits per heavy atom. The van der Waals surface area contributed by atoms with Gasteiger partial charge in [-0.1, -0.05) is 57.5 Å². The number of ether oxygens (including phenoxy) is 1. The van der Waals surface area contributed by atoms with Gasteiger partial charge in [0.15, 0.2) is 6.23 Å². The van der Waals surface area contributed by atoms with E-state index in [1.165, 1.54) is 6.42 Å². The Labute approximate surface area is 139 Å². The lowest BCUT2D eigenvalue weighted by Gasteiger charge is -2.50. The average Bonchev–Trinajstić information content (AvgIpc) is 3.01. The highest BCUT2D eigenvalue weighted by molar-refractivity contribution is 5.26. The van der Waals surface area contributed by atoms with Gasteiger partial charge in [0.25, 0.3) is 0 Å². The fourth-order valence-electron chi connectivity index (χ4n) is 4.65. The highest BCUT2D eigenvalue weighted by Crippen LogP contribution is 2.50. The number of hydrogen-bond donors (Lipinski definition) is 2. The summed E-state index contributed by atoms with van der Waals surface area (Å²) in [5, 5.41) is 15.2. The van der Waals surface area contributed by atoms with Crippen molar-refractivity contribution in [2.24, 2.45) is 17.8 Å². The monoisotopic (exact) mass is 315 g/mol. The molecule has 1 aromatic carbocycles. The lowest BCUT2D eigenvalue weighted by molar-refractivity contribution is -0.125. The first-order valence-electron chi connectivity index (χ1n) is 8.86. The third-order valence-electron chi connectivity index (χ3n) is 5.65.